The molecule has 0 bridgehead atoms. The first-order valence-corrected chi connectivity index (χ1v) is 9.25. The Balaban J connectivity index is 2.41. The number of anilines is 1. The van der Waals surface area contributed by atoms with E-state index in [4.69, 9.17) is 4.42 Å². The Morgan fingerprint density at radius 1 is 1.32 bits per heavy atom. The van der Waals surface area contributed by atoms with Crippen LogP contribution in [0, 0.1) is 6.92 Å². The monoisotopic (exact) mass is 390 g/mol. The van der Waals surface area contributed by atoms with Gasteiger partial charge >= 0.3 is 11.7 Å². The summed E-state index contributed by atoms with van der Waals surface area (Å²) in [6.07, 6.45) is -1.01. The molecule has 154 valence electrons. The SMILES string of the molecule is Cc1c(CN(C(=O)O)C(C)(C)C)ccc2nc(N[C@@H](C)CN(C)C)oc(=O)c12. The summed E-state index contributed by atoms with van der Waals surface area (Å²) in [7, 11) is 3.93. The molecule has 8 nitrogen and oxygen atoms in total. The number of likely N-dealkylation sites (N-methyl/N-ethyl adjacent to an activating group) is 1. The van der Waals surface area contributed by atoms with Crippen LogP contribution in [0.25, 0.3) is 10.9 Å². The summed E-state index contributed by atoms with van der Waals surface area (Å²) in [6, 6.07) is 3.79. The van der Waals surface area contributed by atoms with Crippen LogP contribution in [-0.2, 0) is 6.54 Å². The van der Waals surface area contributed by atoms with E-state index in [1.165, 1.54) is 4.90 Å². The van der Waals surface area contributed by atoms with Gasteiger partial charge in [-0.05, 0) is 65.9 Å². The molecule has 28 heavy (non-hydrogen) atoms. The maximum absolute atomic E-state index is 12.6. The largest absolute Gasteiger partial charge is 0.465 e. The van der Waals surface area contributed by atoms with E-state index in [-0.39, 0.29) is 18.6 Å². The molecular formula is C20H30N4O4. The van der Waals surface area contributed by atoms with E-state index in [1.54, 1.807) is 13.0 Å². The van der Waals surface area contributed by atoms with Crippen molar-refractivity contribution in [2.45, 2.75) is 52.7 Å². The molecule has 2 N–H and O–H groups in total. The average Bonchev–Trinajstić information content (AvgIpc) is 2.51. The maximum Gasteiger partial charge on any atom is 0.408 e. The fourth-order valence-corrected chi connectivity index (χ4v) is 3.16. The van der Waals surface area contributed by atoms with Gasteiger partial charge in [-0.3, -0.25) is 4.90 Å². The van der Waals surface area contributed by atoms with Gasteiger partial charge in [-0.1, -0.05) is 6.07 Å². The lowest BCUT2D eigenvalue weighted by atomic mass is 10.0. The highest BCUT2D eigenvalue weighted by molar-refractivity contribution is 5.82. The molecule has 8 heteroatoms. The molecule has 0 aliphatic heterocycles. The molecule has 0 spiro atoms. The summed E-state index contributed by atoms with van der Waals surface area (Å²) < 4.78 is 5.37. The highest BCUT2D eigenvalue weighted by Crippen LogP contribution is 2.24. The van der Waals surface area contributed by atoms with Crippen LogP contribution < -0.4 is 10.9 Å². The Morgan fingerprint density at radius 2 is 1.96 bits per heavy atom. The predicted octanol–water partition coefficient (Wildman–Crippen LogP) is 3.14. The molecule has 0 radical (unpaired) electrons. The van der Waals surface area contributed by atoms with E-state index < -0.39 is 17.3 Å². The molecule has 2 rings (SSSR count). The molecular weight excluding hydrogens is 360 g/mol. The molecule has 0 unspecified atom stereocenters. The van der Waals surface area contributed by atoms with Crippen molar-refractivity contribution in [2.75, 3.05) is 26.0 Å². The number of benzene rings is 1. The number of carboxylic acid groups (broad SMARTS) is 1. The fourth-order valence-electron chi connectivity index (χ4n) is 3.16. The predicted molar refractivity (Wildman–Crippen MR) is 110 cm³/mol. The molecule has 1 aromatic heterocycles. The molecule has 1 amide bonds. The molecule has 0 fully saturated rings. The van der Waals surface area contributed by atoms with Crippen molar-refractivity contribution in [1.82, 2.24) is 14.8 Å². The summed E-state index contributed by atoms with van der Waals surface area (Å²) >= 11 is 0. The highest BCUT2D eigenvalue weighted by atomic mass is 16.4. The number of nitrogens with zero attached hydrogens (tertiary/aromatic N) is 3. The lowest BCUT2D eigenvalue weighted by Crippen LogP contribution is -2.44. The van der Waals surface area contributed by atoms with Crippen molar-refractivity contribution in [1.29, 1.82) is 0 Å². The molecule has 0 aliphatic carbocycles. The zero-order valence-corrected chi connectivity index (χ0v) is 17.7. The molecule has 1 heterocycles. The molecule has 0 saturated heterocycles. The van der Waals surface area contributed by atoms with Gasteiger partial charge in [0.25, 0.3) is 6.01 Å². The third-order valence-corrected chi connectivity index (χ3v) is 4.55. The third-order valence-electron chi connectivity index (χ3n) is 4.55. The first-order valence-electron chi connectivity index (χ1n) is 9.25. The minimum Gasteiger partial charge on any atom is -0.465 e. The Labute approximate surface area is 165 Å². The first-order chi connectivity index (χ1) is 12.9. The average molecular weight is 390 g/mol. The second-order valence-corrected chi connectivity index (χ2v) is 8.40. The Hall–Kier alpha value is -2.61. The number of hydrogen-bond acceptors (Lipinski definition) is 6. The van der Waals surface area contributed by atoms with E-state index in [2.05, 4.69) is 10.3 Å². The molecule has 1 aromatic carbocycles. The topological polar surface area (TPSA) is 98.9 Å². The number of rotatable bonds is 6. The Bertz CT molecular complexity index is 915. The number of aromatic nitrogens is 1. The van der Waals surface area contributed by atoms with E-state index in [9.17, 15) is 14.7 Å². The molecule has 0 aliphatic rings. The van der Waals surface area contributed by atoms with Gasteiger partial charge in [0.15, 0.2) is 0 Å². The van der Waals surface area contributed by atoms with Crippen LogP contribution in [0.5, 0.6) is 0 Å². The minimum absolute atomic E-state index is 0.0550. The summed E-state index contributed by atoms with van der Waals surface area (Å²) in [5.74, 6) is 0. The van der Waals surface area contributed by atoms with Crippen molar-refractivity contribution in [2.24, 2.45) is 0 Å². The van der Waals surface area contributed by atoms with Crippen LogP contribution in [0.1, 0.15) is 38.8 Å². The Morgan fingerprint density at radius 3 is 2.50 bits per heavy atom. The lowest BCUT2D eigenvalue weighted by Gasteiger charge is -2.33. The number of nitrogens with one attached hydrogen (secondary N) is 1. The number of aryl methyl sites for hydroxylation is 1. The van der Waals surface area contributed by atoms with Crippen LogP contribution in [-0.4, -0.2) is 58.2 Å². The zero-order chi connectivity index (χ0) is 21.2. The van der Waals surface area contributed by atoms with Gasteiger partial charge in [0.05, 0.1) is 10.9 Å². The van der Waals surface area contributed by atoms with Gasteiger partial charge in [-0.25, -0.2) is 9.59 Å². The van der Waals surface area contributed by atoms with Gasteiger partial charge in [-0.2, -0.15) is 4.98 Å². The number of carbonyl (C=O) groups is 1. The highest BCUT2D eigenvalue weighted by Gasteiger charge is 2.27. The van der Waals surface area contributed by atoms with Gasteiger partial charge in [0.2, 0.25) is 0 Å². The minimum atomic E-state index is -1.01. The van der Waals surface area contributed by atoms with Gasteiger partial charge < -0.3 is 19.7 Å². The smallest absolute Gasteiger partial charge is 0.408 e. The van der Waals surface area contributed by atoms with E-state index >= 15 is 0 Å². The zero-order valence-electron chi connectivity index (χ0n) is 17.7. The van der Waals surface area contributed by atoms with Gasteiger partial charge in [0, 0.05) is 24.7 Å². The normalized spacial score (nSPS) is 13.0. The number of amides is 1. The van der Waals surface area contributed by atoms with E-state index in [1.807, 2.05) is 52.8 Å². The standard InChI is InChI=1S/C20H30N4O4/c1-12(10-23(6)7)21-18-22-15-9-8-14(13(2)16(15)17(25)28-18)11-24(19(26)27)20(3,4)5/h8-9,12H,10-11H2,1-7H3,(H,21,22)(H,26,27)/t12-/m0/s1. The van der Waals surface area contributed by atoms with Crippen LogP contribution in [0.4, 0.5) is 10.8 Å². The summed E-state index contributed by atoms with van der Waals surface area (Å²) in [4.78, 5) is 32.0. The van der Waals surface area contributed by atoms with Crippen LogP contribution in [0.2, 0.25) is 0 Å². The number of hydrogen-bond donors (Lipinski definition) is 2. The lowest BCUT2D eigenvalue weighted by molar-refractivity contribution is 0.0955. The van der Waals surface area contributed by atoms with Crippen LogP contribution >= 0.6 is 0 Å². The van der Waals surface area contributed by atoms with Crippen molar-refractivity contribution in [3.05, 3.63) is 33.7 Å². The van der Waals surface area contributed by atoms with Crippen molar-refractivity contribution >= 4 is 23.0 Å². The third kappa shape index (κ3) is 5.01. The van der Waals surface area contributed by atoms with Crippen molar-refractivity contribution in [3.63, 3.8) is 0 Å². The van der Waals surface area contributed by atoms with Crippen molar-refractivity contribution in [3.8, 4) is 0 Å². The second kappa shape index (κ2) is 8.18. The fraction of sp³-hybridized carbons (Fsp3) is 0.550. The molecule has 2 aromatic rings. The summed E-state index contributed by atoms with van der Waals surface area (Å²) in [5, 5.41) is 13.0. The molecule has 0 saturated carbocycles. The summed E-state index contributed by atoms with van der Waals surface area (Å²) in [5.41, 5.74) is 0.908. The van der Waals surface area contributed by atoms with Crippen LogP contribution in [0.3, 0.4) is 0 Å². The van der Waals surface area contributed by atoms with Gasteiger partial charge in [0.1, 0.15) is 0 Å². The molecule has 1 atom stereocenters. The maximum atomic E-state index is 12.6. The Kier molecular flexibility index (Phi) is 6.34. The summed E-state index contributed by atoms with van der Waals surface area (Å²) in [6.45, 7) is 10.2. The van der Waals surface area contributed by atoms with E-state index in [0.29, 0.717) is 16.5 Å². The van der Waals surface area contributed by atoms with E-state index in [0.717, 1.165) is 12.1 Å². The van der Waals surface area contributed by atoms with Gasteiger partial charge in [-0.15, -0.1) is 0 Å². The first kappa shape index (κ1) is 21.7. The second-order valence-electron chi connectivity index (χ2n) is 8.40. The van der Waals surface area contributed by atoms with Crippen molar-refractivity contribution < 1.29 is 14.3 Å². The number of fused-ring (bicyclic) bond motifs is 1. The quantitative estimate of drug-likeness (QED) is 0.782. The van der Waals surface area contributed by atoms with Crippen LogP contribution in [0.15, 0.2) is 21.3 Å².